The van der Waals surface area contributed by atoms with Gasteiger partial charge in [-0.1, -0.05) is 72.8 Å². The number of nitro groups is 1. The Hall–Kier alpha value is -4.26. The number of esters is 1. The number of carbonyl (C=O) groups excluding carboxylic acids is 2. The van der Waals surface area contributed by atoms with Gasteiger partial charge in [-0.2, -0.15) is 0 Å². The lowest BCUT2D eigenvalue weighted by Crippen LogP contribution is -2.39. The molecule has 0 fully saturated rings. The lowest BCUT2D eigenvalue weighted by Gasteiger charge is -2.26. The van der Waals surface area contributed by atoms with Crippen LogP contribution in [0.25, 0.3) is 6.08 Å². The molecule has 0 aliphatic heterocycles. The summed E-state index contributed by atoms with van der Waals surface area (Å²) in [6.07, 6.45) is 1.37. The summed E-state index contributed by atoms with van der Waals surface area (Å²) in [5.41, 5.74) is 2.06. The summed E-state index contributed by atoms with van der Waals surface area (Å²) in [4.78, 5) is 37.7. The highest BCUT2D eigenvalue weighted by molar-refractivity contribution is 5.91. The fourth-order valence-electron chi connectivity index (χ4n) is 3.29. The predicted molar refractivity (Wildman–Crippen MR) is 125 cm³/mol. The first-order valence-electron chi connectivity index (χ1n) is 10.4. The molecule has 1 unspecified atom stereocenters. The Morgan fingerprint density at radius 1 is 0.909 bits per heavy atom. The van der Waals surface area contributed by atoms with Crippen molar-refractivity contribution in [3.63, 3.8) is 0 Å². The second-order valence-corrected chi connectivity index (χ2v) is 7.39. The summed E-state index contributed by atoms with van der Waals surface area (Å²) in [7, 11) is 0. The molecular weight excluding hydrogens is 420 g/mol. The Balaban J connectivity index is 1.70. The second-order valence-electron chi connectivity index (χ2n) is 7.39. The van der Waals surface area contributed by atoms with Crippen LogP contribution in [0.2, 0.25) is 0 Å². The molecule has 0 aliphatic rings. The SMILES string of the molecule is CC(OC(=O)C=Cc1ccccc1[N+](=O)[O-])C(=O)N(Cc1ccccc1)Cc1ccccc1. The number of para-hydroxylation sites is 1. The van der Waals surface area contributed by atoms with Gasteiger partial charge in [-0.05, 0) is 30.2 Å². The number of hydrogen-bond acceptors (Lipinski definition) is 5. The third kappa shape index (κ3) is 6.87. The molecule has 3 aromatic rings. The van der Waals surface area contributed by atoms with Crippen LogP contribution in [-0.2, 0) is 27.4 Å². The zero-order valence-corrected chi connectivity index (χ0v) is 18.2. The summed E-state index contributed by atoms with van der Waals surface area (Å²) in [6, 6.07) is 25.2. The van der Waals surface area contributed by atoms with Crippen LogP contribution in [0.1, 0.15) is 23.6 Å². The zero-order valence-electron chi connectivity index (χ0n) is 18.2. The van der Waals surface area contributed by atoms with Gasteiger partial charge in [-0.25, -0.2) is 4.79 Å². The van der Waals surface area contributed by atoms with Crippen LogP contribution in [0.15, 0.2) is 91.0 Å². The van der Waals surface area contributed by atoms with Crippen molar-refractivity contribution in [3.8, 4) is 0 Å². The highest BCUT2D eigenvalue weighted by Crippen LogP contribution is 2.19. The maximum Gasteiger partial charge on any atom is 0.331 e. The van der Waals surface area contributed by atoms with E-state index in [4.69, 9.17) is 4.74 Å². The second kappa shape index (κ2) is 11.4. The molecule has 0 saturated heterocycles. The normalized spacial score (nSPS) is 11.7. The number of rotatable bonds is 9. The van der Waals surface area contributed by atoms with E-state index >= 15 is 0 Å². The van der Waals surface area contributed by atoms with Crippen molar-refractivity contribution in [1.29, 1.82) is 0 Å². The fourth-order valence-corrected chi connectivity index (χ4v) is 3.29. The average Bonchev–Trinajstić information content (AvgIpc) is 2.83. The quantitative estimate of drug-likeness (QED) is 0.205. The molecule has 0 aromatic heterocycles. The third-order valence-electron chi connectivity index (χ3n) is 4.92. The van der Waals surface area contributed by atoms with Gasteiger partial charge in [0, 0.05) is 25.2 Å². The maximum atomic E-state index is 13.1. The Kier molecular flexibility index (Phi) is 8.07. The van der Waals surface area contributed by atoms with E-state index in [2.05, 4.69) is 0 Å². The number of nitrogens with zero attached hydrogens (tertiary/aromatic N) is 2. The molecule has 3 aromatic carbocycles. The molecule has 7 nitrogen and oxygen atoms in total. The largest absolute Gasteiger partial charge is 0.449 e. The van der Waals surface area contributed by atoms with Crippen molar-refractivity contribution >= 4 is 23.6 Å². The molecule has 33 heavy (non-hydrogen) atoms. The Morgan fingerprint density at radius 3 is 1.97 bits per heavy atom. The molecule has 168 valence electrons. The van der Waals surface area contributed by atoms with Crippen LogP contribution >= 0.6 is 0 Å². The van der Waals surface area contributed by atoms with Crippen LogP contribution in [-0.4, -0.2) is 27.8 Å². The maximum absolute atomic E-state index is 13.1. The van der Waals surface area contributed by atoms with E-state index < -0.39 is 17.0 Å². The van der Waals surface area contributed by atoms with Crippen LogP contribution in [0.4, 0.5) is 5.69 Å². The summed E-state index contributed by atoms with van der Waals surface area (Å²) in [5, 5.41) is 11.1. The first kappa shape index (κ1) is 23.4. The zero-order chi connectivity index (χ0) is 23.6. The van der Waals surface area contributed by atoms with Gasteiger partial charge in [0.15, 0.2) is 6.10 Å². The van der Waals surface area contributed by atoms with Gasteiger partial charge >= 0.3 is 5.97 Å². The van der Waals surface area contributed by atoms with E-state index in [1.54, 1.807) is 17.0 Å². The first-order valence-corrected chi connectivity index (χ1v) is 10.4. The van der Waals surface area contributed by atoms with Crippen LogP contribution in [0, 0.1) is 10.1 Å². The summed E-state index contributed by atoms with van der Waals surface area (Å²) < 4.78 is 5.30. The molecule has 0 radical (unpaired) electrons. The van der Waals surface area contributed by atoms with E-state index in [0.29, 0.717) is 13.1 Å². The average molecular weight is 444 g/mol. The Morgan fingerprint density at radius 2 is 1.42 bits per heavy atom. The molecule has 1 amide bonds. The van der Waals surface area contributed by atoms with E-state index in [9.17, 15) is 19.7 Å². The number of ether oxygens (including phenoxy) is 1. The van der Waals surface area contributed by atoms with Gasteiger partial charge in [-0.15, -0.1) is 0 Å². The topological polar surface area (TPSA) is 89.7 Å². The fraction of sp³-hybridized carbons (Fsp3) is 0.154. The number of carbonyl (C=O) groups is 2. The molecule has 0 heterocycles. The molecule has 0 saturated carbocycles. The van der Waals surface area contributed by atoms with E-state index in [1.807, 2.05) is 60.7 Å². The number of hydrogen-bond donors (Lipinski definition) is 0. The van der Waals surface area contributed by atoms with Crippen molar-refractivity contribution in [3.05, 3.63) is 118 Å². The highest BCUT2D eigenvalue weighted by atomic mass is 16.6. The van der Waals surface area contributed by atoms with E-state index in [1.165, 1.54) is 25.1 Å². The van der Waals surface area contributed by atoms with Gasteiger partial charge in [0.05, 0.1) is 10.5 Å². The highest BCUT2D eigenvalue weighted by Gasteiger charge is 2.24. The lowest BCUT2D eigenvalue weighted by atomic mass is 10.1. The molecule has 1 atom stereocenters. The van der Waals surface area contributed by atoms with Crippen molar-refractivity contribution in [2.24, 2.45) is 0 Å². The van der Waals surface area contributed by atoms with Crippen LogP contribution < -0.4 is 0 Å². The van der Waals surface area contributed by atoms with Gasteiger partial charge in [0.2, 0.25) is 0 Å². The molecule has 0 spiro atoms. The minimum Gasteiger partial charge on any atom is -0.449 e. The molecule has 3 rings (SSSR count). The summed E-state index contributed by atoms with van der Waals surface area (Å²) >= 11 is 0. The van der Waals surface area contributed by atoms with Crippen molar-refractivity contribution in [2.75, 3.05) is 0 Å². The predicted octanol–water partition coefficient (Wildman–Crippen LogP) is 4.77. The smallest absolute Gasteiger partial charge is 0.331 e. The number of benzene rings is 3. The summed E-state index contributed by atoms with van der Waals surface area (Å²) in [6.45, 7) is 2.24. The van der Waals surface area contributed by atoms with E-state index in [0.717, 1.165) is 17.2 Å². The van der Waals surface area contributed by atoms with Gasteiger partial charge in [0.1, 0.15) is 0 Å². The summed E-state index contributed by atoms with van der Waals surface area (Å²) in [5.74, 6) is -1.09. The third-order valence-corrected chi connectivity index (χ3v) is 4.92. The Bertz CT molecular complexity index is 1090. The van der Waals surface area contributed by atoms with Gasteiger partial charge in [-0.3, -0.25) is 14.9 Å². The van der Waals surface area contributed by atoms with Crippen LogP contribution in [0.5, 0.6) is 0 Å². The standard InChI is InChI=1S/C26H24N2O5/c1-20(33-25(29)17-16-23-14-8-9-15-24(23)28(31)32)26(30)27(18-21-10-4-2-5-11-21)19-22-12-6-3-7-13-22/h2-17,20H,18-19H2,1H3. The van der Waals surface area contributed by atoms with Crippen molar-refractivity contribution in [1.82, 2.24) is 4.90 Å². The monoisotopic (exact) mass is 444 g/mol. The van der Waals surface area contributed by atoms with Crippen molar-refractivity contribution < 1.29 is 19.2 Å². The molecule has 7 heteroatoms. The minimum absolute atomic E-state index is 0.123. The molecule has 0 bridgehead atoms. The number of amides is 1. The first-order chi connectivity index (χ1) is 15.9. The molecule has 0 N–H and O–H groups in total. The number of nitro benzene ring substituents is 1. The van der Waals surface area contributed by atoms with Gasteiger partial charge in [0.25, 0.3) is 11.6 Å². The molecule has 0 aliphatic carbocycles. The van der Waals surface area contributed by atoms with E-state index in [-0.39, 0.29) is 17.2 Å². The molecular formula is C26H24N2O5. The van der Waals surface area contributed by atoms with Crippen LogP contribution in [0.3, 0.4) is 0 Å². The van der Waals surface area contributed by atoms with Gasteiger partial charge < -0.3 is 9.64 Å². The van der Waals surface area contributed by atoms with Crippen molar-refractivity contribution in [2.45, 2.75) is 26.1 Å². The minimum atomic E-state index is -1.03. The lowest BCUT2D eigenvalue weighted by molar-refractivity contribution is -0.385. The Labute approximate surface area is 192 Å².